The van der Waals surface area contributed by atoms with Gasteiger partial charge in [-0.3, -0.25) is 4.99 Å². The number of allylic oxidation sites excluding steroid dienone is 3. The fourth-order valence-electron chi connectivity index (χ4n) is 0.792. The van der Waals surface area contributed by atoms with Crippen LogP contribution in [0.1, 0.15) is 27.7 Å². The summed E-state index contributed by atoms with van der Waals surface area (Å²) in [5.41, 5.74) is 2.54. The van der Waals surface area contributed by atoms with E-state index in [-0.39, 0.29) is 0 Å². The molecule has 0 atom stereocenters. The minimum absolute atomic E-state index is 0.524. The molecule has 0 bridgehead atoms. The first kappa shape index (κ1) is 10.2. The summed E-state index contributed by atoms with van der Waals surface area (Å²) in [5.74, 6) is 0.524. The summed E-state index contributed by atoms with van der Waals surface area (Å²) < 4.78 is 0. The van der Waals surface area contributed by atoms with E-state index in [4.69, 9.17) is 0 Å². The van der Waals surface area contributed by atoms with Gasteiger partial charge in [0.05, 0.1) is 0 Å². The van der Waals surface area contributed by atoms with Gasteiger partial charge in [0, 0.05) is 6.20 Å². The molecule has 0 radical (unpaired) electrons. The minimum Gasteiger partial charge on any atom is -0.272 e. The van der Waals surface area contributed by atoms with Crippen LogP contribution in [0.5, 0.6) is 0 Å². The van der Waals surface area contributed by atoms with Gasteiger partial charge in [0.25, 0.3) is 0 Å². The van der Waals surface area contributed by atoms with Gasteiger partial charge in [0.15, 0.2) is 0 Å². The first-order valence-electron chi connectivity index (χ1n) is 3.88. The van der Waals surface area contributed by atoms with Crippen LogP contribution in [-0.4, -0.2) is 6.72 Å². The summed E-state index contributed by atoms with van der Waals surface area (Å²) in [5, 5.41) is 0. The SMILES string of the molecule is C=N/C=C(\C=C(C)C)C(C)C. The van der Waals surface area contributed by atoms with E-state index in [2.05, 4.69) is 45.5 Å². The Balaban J connectivity index is 4.49. The monoisotopic (exact) mass is 151 g/mol. The average Bonchev–Trinajstić information content (AvgIpc) is 1.86. The molecule has 0 saturated carbocycles. The van der Waals surface area contributed by atoms with Crippen molar-refractivity contribution in [3.63, 3.8) is 0 Å². The van der Waals surface area contributed by atoms with Crippen LogP contribution < -0.4 is 0 Å². The molecular weight excluding hydrogens is 134 g/mol. The van der Waals surface area contributed by atoms with Crippen LogP contribution in [0.15, 0.2) is 28.4 Å². The van der Waals surface area contributed by atoms with Crippen LogP contribution in [0.3, 0.4) is 0 Å². The summed E-state index contributed by atoms with van der Waals surface area (Å²) >= 11 is 0. The van der Waals surface area contributed by atoms with E-state index in [1.54, 1.807) is 0 Å². The molecule has 0 N–H and O–H groups in total. The smallest absolute Gasteiger partial charge is 0.0295 e. The van der Waals surface area contributed by atoms with Crippen molar-refractivity contribution >= 4 is 6.72 Å². The summed E-state index contributed by atoms with van der Waals surface area (Å²) in [7, 11) is 0. The predicted octanol–water partition coefficient (Wildman–Crippen LogP) is 3.19. The van der Waals surface area contributed by atoms with Gasteiger partial charge in [-0.15, -0.1) is 0 Å². The maximum atomic E-state index is 3.75. The zero-order valence-corrected chi connectivity index (χ0v) is 7.89. The van der Waals surface area contributed by atoms with E-state index in [1.165, 1.54) is 11.1 Å². The molecule has 0 rings (SSSR count). The van der Waals surface area contributed by atoms with Crippen LogP contribution in [0.2, 0.25) is 0 Å². The third-order valence-corrected chi connectivity index (χ3v) is 1.36. The molecule has 0 fully saturated rings. The summed E-state index contributed by atoms with van der Waals surface area (Å²) in [6.07, 6.45) is 3.96. The number of aliphatic imine (C=N–C) groups is 1. The molecule has 0 aromatic heterocycles. The number of nitrogens with zero attached hydrogens (tertiary/aromatic N) is 1. The Hall–Kier alpha value is -0.850. The molecule has 0 aromatic carbocycles. The maximum absolute atomic E-state index is 3.75. The van der Waals surface area contributed by atoms with Gasteiger partial charge in [-0.25, -0.2) is 0 Å². The Kier molecular flexibility index (Phi) is 4.51. The Morgan fingerprint density at radius 1 is 1.36 bits per heavy atom. The van der Waals surface area contributed by atoms with E-state index in [0.717, 1.165) is 0 Å². The van der Waals surface area contributed by atoms with Crippen LogP contribution in [0, 0.1) is 5.92 Å². The highest BCUT2D eigenvalue weighted by Gasteiger charge is 1.97. The van der Waals surface area contributed by atoms with Gasteiger partial charge in [0.1, 0.15) is 0 Å². The van der Waals surface area contributed by atoms with E-state index in [1.807, 2.05) is 6.20 Å². The van der Waals surface area contributed by atoms with Crippen LogP contribution in [-0.2, 0) is 0 Å². The lowest BCUT2D eigenvalue weighted by Crippen LogP contribution is -1.90. The molecule has 0 amide bonds. The van der Waals surface area contributed by atoms with Crippen molar-refractivity contribution in [1.82, 2.24) is 0 Å². The maximum Gasteiger partial charge on any atom is 0.0295 e. The predicted molar refractivity (Wildman–Crippen MR) is 51.9 cm³/mol. The second-order valence-corrected chi connectivity index (χ2v) is 3.19. The molecule has 0 spiro atoms. The van der Waals surface area contributed by atoms with E-state index < -0.39 is 0 Å². The second kappa shape index (κ2) is 4.89. The first-order valence-corrected chi connectivity index (χ1v) is 3.88. The Labute approximate surface area is 69.5 Å². The molecule has 0 aromatic rings. The van der Waals surface area contributed by atoms with Crippen molar-refractivity contribution in [2.24, 2.45) is 10.9 Å². The highest BCUT2D eigenvalue weighted by molar-refractivity contribution is 5.30. The van der Waals surface area contributed by atoms with Gasteiger partial charge in [0.2, 0.25) is 0 Å². The van der Waals surface area contributed by atoms with E-state index in [9.17, 15) is 0 Å². The normalized spacial score (nSPS) is 11.5. The van der Waals surface area contributed by atoms with Crippen molar-refractivity contribution in [2.75, 3.05) is 0 Å². The number of hydrogen-bond acceptors (Lipinski definition) is 1. The third kappa shape index (κ3) is 4.54. The largest absolute Gasteiger partial charge is 0.272 e. The number of rotatable bonds is 3. The summed E-state index contributed by atoms with van der Waals surface area (Å²) in [6.45, 7) is 11.9. The molecule has 1 heteroatoms. The lowest BCUT2D eigenvalue weighted by Gasteiger charge is -2.04. The molecule has 0 aliphatic carbocycles. The standard InChI is InChI=1S/C10H17N/c1-8(2)6-10(7-11-5)9(3)4/h6-7,9H,5H2,1-4H3/b10-7+. The Morgan fingerprint density at radius 2 is 1.91 bits per heavy atom. The zero-order chi connectivity index (χ0) is 8.85. The quantitative estimate of drug-likeness (QED) is 0.434. The van der Waals surface area contributed by atoms with Gasteiger partial charge in [-0.1, -0.05) is 25.5 Å². The molecule has 62 valence electrons. The second-order valence-electron chi connectivity index (χ2n) is 3.19. The molecule has 0 aliphatic rings. The van der Waals surface area contributed by atoms with Gasteiger partial charge in [-0.05, 0) is 32.1 Å². The fourth-order valence-corrected chi connectivity index (χ4v) is 0.792. The molecule has 0 unspecified atom stereocenters. The van der Waals surface area contributed by atoms with Crippen molar-refractivity contribution in [1.29, 1.82) is 0 Å². The third-order valence-electron chi connectivity index (χ3n) is 1.36. The molecular formula is C10H17N. The minimum atomic E-state index is 0.524. The van der Waals surface area contributed by atoms with Gasteiger partial charge in [-0.2, -0.15) is 0 Å². The van der Waals surface area contributed by atoms with Crippen LogP contribution >= 0.6 is 0 Å². The highest BCUT2D eigenvalue weighted by atomic mass is 14.6. The lowest BCUT2D eigenvalue weighted by atomic mass is 10.0. The average molecular weight is 151 g/mol. The van der Waals surface area contributed by atoms with Gasteiger partial charge >= 0.3 is 0 Å². The topological polar surface area (TPSA) is 12.4 Å². The Bertz CT molecular complexity index is 181. The lowest BCUT2D eigenvalue weighted by molar-refractivity contribution is 0.786. The fraction of sp³-hybridized carbons (Fsp3) is 0.500. The van der Waals surface area contributed by atoms with Crippen molar-refractivity contribution in [3.8, 4) is 0 Å². The molecule has 1 nitrogen and oxygen atoms in total. The van der Waals surface area contributed by atoms with Crippen LogP contribution in [0.4, 0.5) is 0 Å². The first-order chi connectivity index (χ1) is 5.07. The Morgan fingerprint density at radius 3 is 2.18 bits per heavy atom. The summed E-state index contributed by atoms with van der Waals surface area (Å²) in [4.78, 5) is 3.75. The summed E-state index contributed by atoms with van der Waals surface area (Å²) in [6, 6.07) is 0. The van der Waals surface area contributed by atoms with Crippen molar-refractivity contribution in [3.05, 3.63) is 23.4 Å². The zero-order valence-electron chi connectivity index (χ0n) is 7.89. The highest BCUT2D eigenvalue weighted by Crippen LogP contribution is 2.12. The molecule has 0 saturated heterocycles. The molecule has 0 aliphatic heterocycles. The number of hydrogen-bond donors (Lipinski definition) is 0. The molecule has 11 heavy (non-hydrogen) atoms. The van der Waals surface area contributed by atoms with E-state index >= 15 is 0 Å². The van der Waals surface area contributed by atoms with Crippen molar-refractivity contribution < 1.29 is 0 Å². The van der Waals surface area contributed by atoms with E-state index in [0.29, 0.717) is 5.92 Å². The molecule has 0 heterocycles. The van der Waals surface area contributed by atoms with Crippen LogP contribution in [0.25, 0.3) is 0 Å². The van der Waals surface area contributed by atoms with Crippen molar-refractivity contribution in [2.45, 2.75) is 27.7 Å². The van der Waals surface area contributed by atoms with Gasteiger partial charge < -0.3 is 0 Å².